The molecule has 0 spiro atoms. The molecular formula is C14H20N2S. The SMILES string of the molecule is SCCC=Cc1cccc(N2CCNCC2)c1. The Labute approximate surface area is 109 Å². The summed E-state index contributed by atoms with van der Waals surface area (Å²) in [4.78, 5) is 2.44. The molecule has 1 aliphatic rings. The Bertz CT molecular complexity index is 370. The molecule has 0 bridgehead atoms. The van der Waals surface area contributed by atoms with Crippen LogP contribution in [0.1, 0.15) is 12.0 Å². The number of thiol groups is 1. The summed E-state index contributed by atoms with van der Waals surface area (Å²) in [5.41, 5.74) is 2.61. The third kappa shape index (κ3) is 3.79. The second kappa shape index (κ2) is 6.72. The second-order valence-corrected chi connectivity index (χ2v) is 4.69. The molecule has 2 nitrogen and oxygen atoms in total. The number of allylic oxidation sites excluding steroid dienone is 1. The van der Waals surface area contributed by atoms with Crippen molar-refractivity contribution < 1.29 is 0 Å². The van der Waals surface area contributed by atoms with Gasteiger partial charge in [-0.25, -0.2) is 0 Å². The van der Waals surface area contributed by atoms with Crippen molar-refractivity contribution in [3.63, 3.8) is 0 Å². The zero-order valence-corrected chi connectivity index (χ0v) is 11.0. The average Bonchev–Trinajstić information content (AvgIpc) is 2.41. The molecule has 1 aliphatic heterocycles. The fourth-order valence-corrected chi connectivity index (χ4v) is 2.19. The predicted octanol–water partition coefficient (Wildman–Crippen LogP) is 2.43. The molecule has 0 amide bonds. The van der Waals surface area contributed by atoms with E-state index >= 15 is 0 Å². The smallest absolute Gasteiger partial charge is 0.0373 e. The van der Waals surface area contributed by atoms with Crippen molar-refractivity contribution in [2.45, 2.75) is 6.42 Å². The van der Waals surface area contributed by atoms with Gasteiger partial charge in [0.1, 0.15) is 0 Å². The Balaban J connectivity index is 2.05. The zero-order chi connectivity index (χ0) is 11.9. The molecular weight excluding hydrogens is 228 g/mol. The maximum atomic E-state index is 4.20. The Morgan fingerprint density at radius 3 is 2.88 bits per heavy atom. The molecule has 0 radical (unpaired) electrons. The van der Waals surface area contributed by atoms with Gasteiger partial charge in [0.2, 0.25) is 0 Å². The maximum Gasteiger partial charge on any atom is 0.0373 e. The van der Waals surface area contributed by atoms with Crippen molar-refractivity contribution in [1.82, 2.24) is 5.32 Å². The van der Waals surface area contributed by atoms with E-state index in [0.29, 0.717) is 0 Å². The molecule has 1 N–H and O–H groups in total. The lowest BCUT2D eigenvalue weighted by Crippen LogP contribution is -2.43. The van der Waals surface area contributed by atoms with Gasteiger partial charge in [-0.2, -0.15) is 12.6 Å². The number of rotatable bonds is 4. The van der Waals surface area contributed by atoms with E-state index in [1.165, 1.54) is 11.3 Å². The van der Waals surface area contributed by atoms with Crippen molar-refractivity contribution >= 4 is 24.4 Å². The zero-order valence-electron chi connectivity index (χ0n) is 10.1. The second-order valence-electron chi connectivity index (χ2n) is 4.25. The van der Waals surface area contributed by atoms with Gasteiger partial charge >= 0.3 is 0 Å². The highest BCUT2D eigenvalue weighted by Crippen LogP contribution is 2.17. The van der Waals surface area contributed by atoms with E-state index in [2.05, 4.69) is 59.3 Å². The van der Waals surface area contributed by atoms with Crippen LogP contribution in [0.2, 0.25) is 0 Å². The number of hydrogen-bond donors (Lipinski definition) is 2. The van der Waals surface area contributed by atoms with Gasteiger partial charge in [0.05, 0.1) is 0 Å². The summed E-state index contributed by atoms with van der Waals surface area (Å²) >= 11 is 4.20. The third-order valence-corrected chi connectivity index (χ3v) is 3.22. The Morgan fingerprint density at radius 1 is 1.29 bits per heavy atom. The number of piperazine rings is 1. The third-order valence-electron chi connectivity index (χ3n) is 2.96. The van der Waals surface area contributed by atoms with Crippen molar-refractivity contribution in [3.8, 4) is 0 Å². The molecule has 0 aliphatic carbocycles. The van der Waals surface area contributed by atoms with Gasteiger partial charge in [-0.3, -0.25) is 0 Å². The lowest BCUT2D eigenvalue weighted by molar-refractivity contribution is 0.589. The highest BCUT2D eigenvalue weighted by Gasteiger charge is 2.09. The van der Waals surface area contributed by atoms with Crippen LogP contribution < -0.4 is 10.2 Å². The summed E-state index contributed by atoms with van der Waals surface area (Å²) in [6.07, 6.45) is 5.40. The first kappa shape index (κ1) is 12.5. The van der Waals surface area contributed by atoms with Gasteiger partial charge in [-0.1, -0.05) is 24.3 Å². The summed E-state index contributed by atoms with van der Waals surface area (Å²) in [7, 11) is 0. The fraction of sp³-hybridized carbons (Fsp3) is 0.429. The maximum absolute atomic E-state index is 4.20. The van der Waals surface area contributed by atoms with Gasteiger partial charge in [0.15, 0.2) is 0 Å². The molecule has 1 fully saturated rings. The van der Waals surface area contributed by atoms with Gasteiger partial charge in [-0.15, -0.1) is 0 Å². The fourth-order valence-electron chi connectivity index (χ4n) is 2.04. The van der Waals surface area contributed by atoms with Gasteiger partial charge in [0, 0.05) is 31.9 Å². The van der Waals surface area contributed by atoms with Crippen molar-refractivity contribution in [2.75, 3.05) is 36.8 Å². The minimum Gasteiger partial charge on any atom is -0.369 e. The van der Waals surface area contributed by atoms with E-state index in [0.717, 1.165) is 38.4 Å². The van der Waals surface area contributed by atoms with Gasteiger partial charge < -0.3 is 10.2 Å². The number of anilines is 1. The van der Waals surface area contributed by atoms with Crippen LogP contribution in [0.4, 0.5) is 5.69 Å². The van der Waals surface area contributed by atoms with Gasteiger partial charge in [0.25, 0.3) is 0 Å². The standard InChI is InChI=1S/C14H20N2S/c17-11-2-1-4-13-5-3-6-14(12-13)16-9-7-15-8-10-16/h1,3-6,12,15,17H,2,7-11H2. The number of benzene rings is 1. The normalized spacial score (nSPS) is 16.6. The van der Waals surface area contributed by atoms with E-state index in [-0.39, 0.29) is 0 Å². The quantitative estimate of drug-likeness (QED) is 0.796. The van der Waals surface area contributed by atoms with Crippen LogP contribution in [0.25, 0.3) is 6.08 Å². The van der Waals surface area contributed by atoms with E-state index in [9.17, 15) is 0 Å². The molecule has 17 heavy (non-hydrogen) atoms. The largest absolute Gasteiger partial charge is 0.369 e. The molecule has 1 heterocycles. The Kier molecular flexibility index (Phi) is 4.95. The summed E-state index contributed by atoms with van der Waals surface area (Å²) in [6, 6.07) is 8.75. The minimum absolute atomic E-state index is 0.911. The number of hydrogen-bond acceptors (Lipinski definition) is 3. The molecule has 0 aromatic heterocycles. The molecule has 0 unspecified atom stereocenters. The van der Waals surface area contributed by atoms with Crippen LogP contribution in [0.15, 0.2) is 30.3 Å². The van der Waals surface area contributed by atoms with Crippen molar-refractivity contribution in [2.24, 2.45) is 0 Å². The minimum atomic E-state index is 0.911. The number of nitrogens with one attached hydrogen (secondary N) is 1. The van der Waals surface area contributed by atoms with Crippen molar-refractivity contribution in [1.29, 1.82) is 0 Å². The molecule has 1 aromatic carbocycles. The van der Waals surface area contributed by atoms with Crippen LogP contribution in [0.3, 0.4) is 0 Å². The van der Waals surface area contributed by atoms with Crippen LogP contribution in [-0.4, -0.2) is 31.9 Å². The van der Waals surface area contributed by atoms with Crippen LogP contribution in [-0.2, 0) is 0 Å². The van der Waals surface area contributed by atoms with Crippen LogP contribution in [0, 0.1) is 0 Å². The monoisotopic (exact) mass is 248 g/mol. The Hall–Kier alpha value is -0.930. The molecule has 3 heteroatoms. The number of nitrogens with zero attached hydrogens (tertiary/aromatic N) is 1. The van der Waals surface area contributed by atoms with E-state index in [4.69, 9.17) is 0 Å². The summed E-state index contributed by atoms with van der Waals surface area (Å²) < 4.78 is 0. The molecule has 0 atom stereocenters. The summed E-state index contributed by atoms with van der Waals surface area (Å²) in [5.74, 6) is 0.911. The average molecular weight is 248 g/mol. The van der Waals surface area contributed by atoms with Crippen LogP contribution >= 0.6 is 12.6 Å². The predicted molar refractivity (Wildman–Crippen MR) is 79.0 cm³/mol. The molecule has 2 rings (SSSR count). The topological polar surface area (TPSA) is 15.3 Å². The molecule has 1 saturated heterocycles. The van der Waals surface area contributed by atoms with Gasteiger partial charge in [-0.05, 0) is 29.9 Å². The lowest BCUT2D eigenvalue weighted by Gasteiger charge is -2.29. The van der Waals surface area contributed by atoms with E-state index < -0.39 is 0 Å². The first-order valence-electron chi connectivity index (χ1n) is 6.23. The van der Waals surface area contributed by atoms with Crippen LogP contribution in [0.5, 0.6) is 0 Å². The lowest BCUT2D eigenvalue weighted by atomic mass is 10.1. The molecule has 0 saturated carbocycles. The summed E-state index contributed by atoms with van der Waals surface area (Å²) in [5, 5.41) is 3.38. The highest BCUT2D eigenvalue weighted by molar-refractivity contribution is 7.80. The van der Waals surface area contributed by atoms with E-state index in [1.54, 1.807) is 0 Å². The van der Waals surface area contributed by atoms with E-state index in [1.807, 2.05) is 0 Å². The Morgan fingerprint density at radius 2 is 2.12 bits per heavy atom. The van der Waals surface area contributed by atoms with Crippen molar-refractivity contribution in [3.05, 3.63) is 35.9 Å². The molecule has 1 aromatic rings. The summed E-state index contributed by atoms with van der Waals surface area (Å²) in [6.45, 7) is 4.37. The highest BCUT2D eigenvalue weighted by atomic mass is 32.1. The molecule has 92 valence electrons. The first-order valence-corrected chi connectivity index (χ1v) is 6.86. The first-order chi connectivity index (χ1) is 8.40.